The molecule has 25 heavy (non-hydrogen) atoms. The molecule has 0 fully saturated rings. The highest BCUT2D eigenvalue weighted by atomic mass is 35.6. The standard InChI is InChI=1S/C16H14Cl3N3O3/c17-16(18,19)15(20-10-11-6-2-1-3-7-11)21-14(23)12-8-4-5-9-13(12)22(24)25/h1-9,15,20H,10H2,(H,21,23)/t15-/m1/s1. The first-order chi connectivity index (χ1) is 11.8. The van der Waals surface area contributed by atoms with E-state index in [2.05, 4.69) is 10.6 Å². The summed E-state index contributed by atoms with van der Waals surface area (Å²) in [7, 11) is 0. The van der Waals surface area contributed by atoms with Crippen LogP contribution in [-0.2, 0) is 6.54 Å². The van der Waals surface area contributed by atoms with Crippen molar-refractivity contribution in [1.82, 2.24) is 10.6 Å². The van der Waals surface area contributed by atoms with Crippen molar-refractivity contribution in [3.63, 3.8) is 0 Å². The second kappa shape index (κ2) is 8.49. The molecule has 1 atom stereocenters. The number of halogens is 3. The van der Waals surface area contributed by atoms with Crippen LogP contribution < -0.4 is 10.6 Å². The van der Waals surface area contributed by atoms with Gasteiger partial charge in [0, 0.05) is 12.6 Å². The first-order valence-electron chi connectivity index (χ1n) is 7.17. The second-order valence-electron chi connectivity index (χ2n) is 5.09. The lowest BCUT2D eigenvalue weighted by Crippen LogP contribution is -2.53. The van der Waals surface area contributed by atoms with Crippen molar-refractivity contribution >= 4 is 46.4 Å². The molecule has 0 aliphatic heterocycles. The van der Waals surface area contributed by atoms with Crippen molar-refractivity contribution in [1.29, 1.82) is 0 Å². The number of hydrogen-bond acceptors (Lipinski definition) is 4. The lowest BCUT2D eigenvalue weighted by molar-refractivity contribution is -0.385. The van der Waals surface area contributed by atoms with Gasteiger partial charge >= 0.3 is 0 Å². The largest absolute Gasteiger partial charge is 0.332 e. The summed E-state index contributed by atoms with van der Waals surface area (Å²) in [5.74, 6) is -0.718. The Morgan fingerprint density at radius 1 is 1.08 bits per heavy atom. The van der Waals surface area contributed by atoms with Gasteiger partial charge in [-0.25, -0.2) is 0 Å². The number of amides is 1. The van der Waals surface area contributed by atoms with Crippen molar-refractivity contribution in [3.8, 4) is 0 Å². The number of alkyl halides is 3. The summed E-state index contributed by atoms with van der Waals surface area (Å²) in [5.41, 5.74) is 0.473. The van der Waals surface area contributed by atoms with Crippen molar-refractivity contribution in [3.05, 3.63) is 75.8 Å². The van der Waals surface area contributed by atoms with E-state index in [4.69, 9.17) is 34.8 Å². The lowest BCUT2D eigenvalue weighted by atomic mass is 10.1. The molecular formula is C16H14Cl3N3O3. The van der Waals surface area contributed by atoms with Gasteiger partial charge in [0.15, 0.2) is 0 Å². The number of nitro groups is 1. The Bertz CT molecular complexity index is 751. The van der Waals surface area contributed by atoms with E-state index in [9.17, 15) is 14.9 Å². The third kappa shape index (κ3) is 5.57. The number of carbonyl (C=O) groups excluding carboxylic acids is 1. The van der Waals surface area contributed by atoms with E-state index < -0.39 is 20.8 Å². The van der Waals surface area contributed by atoms with Crippen molar-refractivity contribution < 1.29 is 9.72 Å². The molecule has 132 valence electrons. The summed E-state index contributed by atoms with van der Waals surface area (Å²) >= 11 is 17.8. The molecule has 2 aromatic rings. The van der Waals surface area contributed by atoms with Crippen LogP contribution in [0.1, 0.15) is 15.9 Å². The normalized spacial score (nSPS) is 12.4. The molecule has 0 radical (unpaired) electrons. The number of nitrogens with zero attached hydrogens (tertiary/aromatic N) is 1. The summed E-state index contributed by atoms with van der Waals surface area (Å²) in [6.45, 7) is 0.330. The Balaban J connectivity index is 2.14. The minimum Gasteiger partial charge on any atom is -0.332 e. The van der Waals surface area contributed by atoms with Crippen molar-refractivity contribution in [2.75, 3.05) is 0 Å². The van der Waals surface area contributed by atoms with Crippen LogP contribution in [-0.4, -0.2) is 20.8 Å². The molecular weight excluding hydrogens is 389 g/mol. The number of benzene rings is 2. The molecule has 0 spiro atoms. The zero-order chi connectivity index (χ0) is 18.4. The smallest absolute Gasteiger partial charge is 0.282 e. The number of rotatable bonds is 6. The number of carbonyl (C=O) groups is 1. The van der Waals surface area contributed by atoms with Gasteiger partial charge in [-0.2, -0.15) is 0 Å². The topological polar surface area (TPSA) is 84.3 Å². The molecule has 0 bridgehead atoms. The third-order valence-corrected chi connectivity index (χ3v) is 3.96. The third-order valence-electron chi connectivity index (χ3n) is 3.30. The fourth-order valence-electron chi connectivity index (χ4n) is 2.10. The van der Waals surface area contributed by atoms with Crippen molar-refractivity contribution in [2.45, 2.75) is 16.5 Å². The molecule has 0 aromatic heterocycles. The van der Waals surface area contributed by atoms with Gasteiger partial charge in [-0.3, -0.25) is 20.2 Å². The van der Waals surface area contributed by atoms with E-state index in [1.165, 1.54) is 24.3 Å². The summed E-state index contributed by atoms with van der Waals surface area (Å²) in [5, 5.41) is 16.5. The quantitative estimate of drug-likeness (QED) is 0.333. The van der Waals surface area contributed by atoms with Crippen LogP contribution in [0.5, 0.6) is 0 Å². The molecule has 2 rings (SSSR count). The molecule has 9 heteroatoms. The zero-order valence-electron chi connectivity index (χ0n) is 12.8. The highest BCUT2D eigenvalue weighted by molar-refractivity contribution is 6.68. The summed E-state index contributed by atoms with van der Waals surface area (Å²) in [4.78, 5) is 22.8. The number of nitro benzene ring substituents is 1. The van der Waals surface area contributed by atoms with Crippen LogP contribution in [0.2, 0.25) is 0 Å². The number of para-hydroxylation sites is 1. The molecule has 0 heterocycles. The maximum atomic E-state index is 12.4. The van der Waals surface area contributed by atoms with Gasteiger partial charge in [0.25, 0.3) is 11.6 Å². The van der Waals surface area contributed by atoms with E-state index in [0.717, 1.165) is 5.56 Å². The monoisotopic (exact) mass is 401 g/mol. The van der Waals surface area contributed by atoms with Crippen LogP contribution in [0.3, 0.4) is 0 Å². The van der Waals surface area contributed by atoms with Gasteiger partial charge in [0.05, 0.1) is 4.92 Å². The predicted octanol–water partition coefficient (Wildman–Crippen LogP) is 3.81. The van der Waals surface area contributed by atoms with Gasteiger partial charge in [-0.05, 0) is 11.6 Å². The fraction of sp³-hybridized carbons (Fsp3) is 0.188. The zero-order valence-corrected chi connectivity index (χ0v) is 15.1. The molecule has 6 nitrogen and oxygen atoms in total. The predicted molar refractivity (Wildman–Crippen MR) is 97.9 cm³/mol. The summed E-state index contributed by atoms with van der Waals surface area (Å²) < 4.78 is -1.85. The highest BCUT2D eigenvalue weighted by Gasteiger charge is 2.34. The molecule has 2 aromatic carbocycles. The molecule has 0 saturated carbocycles. The summed E-state index contributed by atoms with van der Waals surface area (Å²) in [6, 6.07) is 14.9. The van der Waals surface area contributed by atoms with E-state index in [-0.39, 0.29) is 11.3 Å². The Morgan fingerprint density at radius 3 is 2.28 bits per heavy atom. The Morgan fingerprint density at radius 2 is 1.68 bits per heavy atom. The van der Waals surface area contributed by atoms with Gasteiger partial charge < -0.3 is 5.32 Å². The molecule has 0 saturated heterocycles. The van der Waals surface area contributed by atoms with E-state index >= 15 is 0 Å². The second-order valence-corrected chi connectivity index (χ2v) is 7.46. The maximum absolute atomic E-state index is 12.4. The van der Waals surface area contributed by atoms with Crippen LogP contribution in [0.25, 0.3) is 0 Å². The highest BCUT2D eigenvalue weighted by Crippen LogP contribution is 2.30. The molecule has 0 aliphatic rings. The Labute approximate surface area is 159 Å². The van der Waals surface area contributed by atoms with E-state index in [1.807, 2.05) is 30.3 Å². The SMILES string of the molecule is O=C(N[C@@H](NCc1ccccc1)C(Cl)(Cl)Cl)c1ccccc1[N+](=O)[O-]. The van der Waals surface area contributed by atoms with Gasteiger partial charge in [0.2, 0.25) is 3.79 Å². The average molecular weight is 403 g/mol. The van der Waals surface area contributed by atoms with Gasteiger partial charge in [-0.15, -0.1) is 0 Å². The summed E-state index contributed by atoms with van der Waals surface area (Å²) in [6.07, 6.45) is -1.05. The van der Waals surface area contributed by atoms with Crippen LogP contribution in [0, 0.1) is 10.1 Å². The average Bonchev–Trinajstić information content (AvgIpc) is 2.58. The first-order valence-corrected chi connectivity index (χ1v) is 8.30. The molecule has 2 N–H and O–H groups in total. The van der Waals surface area contributed by atoms with E-state index in [0.29, 0.717) is 6.54 Å². The first kappa shape index (κ1) is 19.5. The van der Waals surface area contributed by atoms with Crippen LogP contribution in [0.15, 0.2) is 54.6 Å². The fourth-order valence-corrected chi connectivity index (χ4v) is 2.49. The van der Waals surface area contributed by atoms with Gasteiger partial charge in [-0.1, -0.05) is 77.3 Å². The molecule has 1 amide bonds. The number of nitrogens with one attached hydrogen (secondary N) is 2. The Hall–Kier alpha value is -1.86. The van der Waals surface area contributed by atoms with Gasteiger partial charge in [0.1, 0.15) is 11.7 Å². The number of hydrogen-bond donors (Lipinski definition) is 2. The minimum atomic E-state index is -1.85. The molecule has 0 unspecified atom stereocenters. The van der Waals surface area contributed by atoms with E-state index in [1.54, 1.807) is 0 Å². The van der Waals surface area contributed by atoms with Crippen LogP contribution in [0.4, 0.5) is 5.69 Å². The maximum Gasteiger partial charge on any atom is 0.282 e. The minimum absolute atomic E-state index is 0.117. The lowest BCUT2D eigenvalue weighted by Gasteiger charge is -2.26. The van der Waals surface area contributed by atoms with Crippen LogP contribution >= 0.6 is 34.8 Å². The van der Waals surface area contributed by atoms with Crippen molar-refractivity contribution in [2.24, 2.45) is 0 Å². The molecule has 0 aliphatic carbocycles. The Kier molecular flexibility index (Phi) is 6.61.